The first-order valence-corrected chi connectivity index (χ1v) is 11.0. The van der Waals surface area contributed by atoms with Gasteiger partial charge in [-0.05, 0) is 29.7 Å². The molecule has 1 fully saturated rings. The number of ether oxygens (including phenoxy) is 1. The topological polar surface area (TPSA) is 83.6 Å². The SMILES string of the molecule is CN(C(=O)C1COCC(=O)N1)[C@@H](c1ccc(NC2Cc3ccccc3C2(C)C)cn1)C(F)(F)F. The number of alkyl halides is 3. The van der Waals surface area contributed by atoms with Crippen molar-refractivity contribution in [3.63, 3.8) is 0 Å². The van der Waals surface area contributed by atoms with Crippen LogP contribution in [0.15, 0.2) is 42.6 Å². The molecule has 1 saturated heterocycles. The highest BCUT2D eigenvalue weighted by atomic mass is 19.4. The predicted octanol–water partition coefficient (Wildman–Crippen LogP) is 2.97. The molecule has 1 aromatic heterocycles. The maximum atomic E-state index is 14.0. The van der Waals surface area contributed by atoms with E-state index in [0.29, 0.717) is 10.6 Å². The molecule has 2 aliphatic rings. The molecule has 2 amide bonds. The number of hydrogen-bond acceptors (Lipinski definition) is 5. The lowest BCUT2D eigenvalue weighted by molar-refractivity contribution is -0.191. The number of hydrogen-bond donors (Lipinski definition) is 2. The van der Waals surface area contributed by atoms with Crippen molar-refractivity contribution in [2.75, 3.05) is 25.6 Å². The number of carbonyl (C=O) groups excluding carboxylic acids is 2. The number of nitrogens with one attached hydrogen (secondary N) is 2. The number of pyridine rings is 1. The quantitative estimate of drug-likeness (QED) is 0.694. The summed E-state index contributed by atoms with van der Waals surface area (Å²) in [6.45, 7) is 3.85. The van der Waals surface area contributed by atoms with Gasteiger partial charge in [-0.25, -0.2) is 0 Å². The van der Waals surface area contributed by atoms with Crippen LogP contribution in [0.5, 0.6) is 0 Å². The fourth-order valence-electron chi connectivity index (χ4n) is 4.71. The Morgan fingerprint density at radius 1 is 1.26 bits per heavy atom. The van der Waals surface area contributed by atoms with E-state index in [1.165, 1.54) is 23.4 Å². The van der Waals surface area contributed by atoms with Gasteiger partial charge in [-0.1, -0.05) is 38.1 Å². The Morgan fingerprint density at radius 3 is 2.62 bits per heavy atom. The zero-order chi connectivity index (χ0) is 24.7. The number of benzene rings is 1. The highest BCUT2D eigenvalue weighted by molar-refractivity contribution is 5.89. The number of carbonyl (C=O) groups is 2. The molecule has 2 heterocycles. The van der Waals surface area contributed by atoms with Gasteiger partial charge in [-0.2, -0.15) is 13.2 Å². The summed E-state index contributed by atoms with van der Waals surface area (Å²) in [5.41, 5.74) is 2.60. The largest absolute Gasteiger partial charge is 0.414 e. The molecule has 2 aromatic rings. The van der Waals surface area contributed by atoms with Gasteiger partial charge < -0.3 is 20.3 Å². The van der Waals surface area contributed by atoms with Crippen LogP contribution in [0.2, 0.25) is 0 Å². The molecule has 4 rings (SSSR count). The van der Waals surface area contributed by atoms with Crippen LogP contribution in [-0.4, -0.2) is 60.2 Å². The average Bonchev–Trinajstić information content (AvgIpc) is 3.03. The molecule has 1 aliphatic heterocycles. The molecule has 0 bridgehead atoms. The van der Waals surface area contributed by atoms with Crippen molar-refractivity contribution in [1.29, 1.82) is 0 Å². The summed E-state index contributed by atoms with van der Waals surface area (Å²) in [6, 6.07) is 7.60. The minimum atomic E-state index is -4.76. The van der Waals surface area contributed by atoms with E-state index < -0.39 is 30.1 Å². The number of likely N-dealkylation sites (N-methyl/N-ethyl adjacent to an activating group) is 1. The van der Waals surface area contributed by atoms with Crippen LogP contribution in [0, 0.1) is 0 Å². The van der Waals surface area contributed by atoms with Crippen LogP contribution in [0.25, 0.3) is 0 Å². The second-order valence-electron chi connectivity index (χ2n) is 9.28. The number of anilines is 1. The smallest absolute Gasteiger partial charge is 0.380 e. The second-order valence-corrected chi connectivity index (χ2v) is 9.28. The van der Waals surface area contributed by atoms with E-state index in [1.807, 2.05) is 12.1 Å². The van der Waals surface area contributed by atoms with Gasteiger partial charge >= 0.3 is 6.18 Å². The fraction of sp³-hybridized carbons (Fsp3) is 0.458. The molecule has 34 heavy (non-hydrogen) atoms. The Morgan fingerprint density at radius 2 is 2.00 bits per heavy atom. The Hall–Kier alpha value is -3.14. The molecule has 0 saturated carbocycles. The van der Waals surface area contributed by atoms with Crippen molar-refractivity contribution in [1.82, 2.24) is 15.2 Å². The molecule has 7 nitrogen and oxygen atoms in total. The van der Waals surface area contributed by atoms with Crippen molar-refractivity contribution in [3.8, 4) is 0 Å². The summed E-state index contributed by atoms with van der Waals surface area (Å²) in [4.78, 5) is 28.8. The van der Waals surface area contributed by atoms with Gasteiger partial charge in [0.1, 0.15) is 12.6 Å². The zero-order valence-electron chi connectivity index (χ0n) is 19.1. The molecule has 3 atom stereocenters. The van der Waals surface area contributed by atoms with E-state index in [1.54, 1.807) is 6.07 Å². The summed E-state index contributed by atoms with van der Waals surface area (Å²) in [5.74, 6) is -1.45. The van der Waals surface area contributed by atoms with E-state index in [2.05, 4.69) is 41.6 Å². The van der Waals surface area contributed by atoms with Crippen molar-refractivity contribution >= 4 is 17.5 Å². The van der Waals surface area contributed by atoms with Crippen LogP contribution in [0.1, 0.15) is 36.7 Å². The minimum absolute atomic E-state index is 0.0510. The van der Waals surface area contributed by atoms with E-state index in [9.17, 15) is 22.8 Å². The summed E-state index contributed by atoms with van der Waals surface area (Å²) in [6.07, 6.45) is -2.61. The van der Waals surface area contributed by atoms with Crippen LogP contribution in [0.3, 0.4) is 0 Å². The lowest BCUT2D eigenvalue weighted by atomic mass is 9.83. The van der Waals surface area contributed by atoms with Gasteiger partial charge in [0, 0.05) is 18.5 Å². The van der Waals surface area contributed by atoms with Crippen molar-refractivity contribution in [2.24, 2.45) is 0 Å². The van der Waals surface area contributed by atoms with Crippen molar-refractivity contribution in [2.45, 2.75) is 50.0 Å². The van der Waals surface area contributed by atoms with Gasteiger partial charge in [0.15, 0.2) is 6.04 Å². The number of aromatic nitrogens is 1. The first-order valence-electron chi connectivity index (χ1n) is 11.0. The Labute approximate surface area is 195 Å². The fourth-order valence-corrected chi connectivity index (χ4v) is 4.71. The molecule has 1 aliphatic carbocycles. The third-order valence-corrected chi connectivity index (χ3v) is 6.61. The number of nitrogens with zero attached hydrogens (tertiary/aromatic N) is 2. The number of morpholine rings is 1. The van der Waals surface area contributed by atoms with Gasteiger partial charge in [-0.15, -0.1) is 0 Å². The van der Waals surface area contributed by atoms with E-state index in [0.717, 1.165) is 13.5 Å². The van der Waals surface area contributed by atoms with Gasteiger partial charge in [0.2, 0.25) is 11.8 Å². The van der Waals surface area contributed by atoms with Crippen molar-refractivity contribution in [3.05, 3.63) is 59.4 Å². The second kappa shape index (κ2) is 8.90. The minimum Gasteiger partial charge on any atom is -0.380 e. The number of fused-ring (bicyclic) bond motifs is 1. The van der Waals surface area contributed by atoms with Crippen LogP contribution in [-0.2, 0) is 26.2 Å². The molecule has 10 heteroatoms. The predicted molar refractivity (Wildman–Crippen MR) is 119 cm³/mol. The van der Waals surface area contributed by atoms with Crippen LogP contribution < -0.4 is 10.6 Å². The highest BCUT2D eigenvalue weighted by Gasteiger charge is 2.47. The molecular formula is C24H27F3N4O3. The highest BCUT2D eigenvalue weighted by Crippen LogP contribution is 2.40. The van der Waals surface area contributed by atoms with Gasteiger partial charge in [0.05, 0.1) is 24.2 Å². The molecule has 1 aromatic carbocycles. The normalized spacial score (nSPS) is 22.5. The van der Waals surface area contributed by atoms with E-state index >= 15 is 0 Å². The third-order valence-electron chi connectivity index (χ3n) is 6.61. The molecule has 0 spiro atoms. The lowest BCUT2D eigenvalue weighted by Gasteiger charge is -2.33. The molecule has 2 unspecified atom stereocenters. The number of halogens is 3. The average molecular weight is 476 g/mol. The first-order chi connectivity index (χ1) is 16.0. The third kappa shape index (κ3) is 4.59. The summed E-state index contributed by atoms with van der Waals surface area (Å²) < 4.78 is 46.9. The molecule has 2 N–H and O–H groups in total. The number of rotatable bonds is 5. The first kappa shape index (κ1) is 24.0. The Bertz CT molecular complexity index is 1070. The van der Waals surface area contributed by atoms with Crippen molar-refractivity contribution < 1.29 is 27.5 Å². The molecular weight excluding hydrogens is 449 g/mol. The lowest BCUT2D eigenvalue weighted by Crippen LogP contribution is -2.56. The molecule has 182 valence electrons. The van der Waals surface area contributed by atoms with E-state index in [4.69, 9.17) is 4.74 Å². The summed E-state index contributed by atoms with van der Waals surface area (Å²) in [7, 11) is 1.05. The zero-order valence-corrected chi connectivity index (χ0v) is 19.1. The van der Waals surface area contributed by atoms with Crippen LogP contribution in [0.4, 0.5) is 18.9 Å². The maximum absolute atomic E-state index is 14.0. The number of amides is 2. The monoisotopic (exact) mass is 476 g/mol. The standard InChI is InChI=1S/C24H27F3N4O3/c1-23(2)16-7-5-4-6-14(16)10-19(23)29-15-8-9-17(28-11-15)21(24(25,26)27)31(3)22(33)18-12-34-13-20(32)30-18/h4-9,11,18-19,21,29H,10,12-13H2,1-3H3,(H,30,32)/t18?,19?,21-/m0/s1. The summed E-state index contributed by atoms with van der Waals surface area (Å²) in [5, 5.41) is 5.77. The van der Waals surface area contributed by atoms with Gasteiger partial charge in [0.25, 0.3) is 0 Å². The Balaban J connectivity index is 1.51. The van der Waals surface area contributed by atoms with E-state index in [-0.39, 0.29) is 30.4 Å². The Kier molecular flexibility index (Phi) is 6.28. The van der Waals surface area contributed by atoms with Gasteiger partial charge in [-0.3, -0.25) is 14.6 Å². The maximum Gasteiger partial charge on any atom is 0.414 e. The van der Waals surface area contributed by atoms with Crippen LogP contribution >= 0.6 is 0 Å². The molecule has 0 radical (unpaired) electrons. The summed E-state index contributed by atoms with van der Waals surface area (Å²) >= 11 is 0.